The average molecular weight is 475 g/mol. The Labute approximate surface area is 203 Å². The second kappa shape index (κ2) is 15.4. The van der Waals surface area contributed by atoms with Gasteiger partial charge in [0.1, 0.15) is 12.4 Å². The van der Waals surface area contributed by atoms with Crippen LogP contribution in [0.3, 0.4) is 0 Å². The number of pyridine rings is 1. The summed E-state index contributed by atoms with van der Waals surface area (Å²) >= 11 is 0. The second-order valence-corrected chi connectivity index (χ2v) is 8.77. The number of carbonyl (C=O) groups is 1. The van der Waals surface area contributed by atoms with E-state index in [1.165, 1.54) is 18.4 Å². The number of unbranched alkanes of at least 4 members (excludes halogenated alkanes) is 1. The summed E-state index contributed by atoms with van der Waals surface area (Å²) in [5.74, 6) is 1.23. The molecule has 1 aliphatic carbocycles. The van der Waals surface area contributed by atoms with Crippen LogP contribution in [-0.2, 0) is 17.6 Å². The lowest BCUT2D eigenvalue weighted by Gasteiger charge is -2.30. The number of likely N-dealkylation sites (N-methyl/N-ethyl adjacent to an activating group) is 1. The van der Waals surface area contributed by atoms with Gasteiger partial charge in [0.05, 0.1) is 12.2 Å². The van der Waals surface area contributed by atoms with Crippen molar-refractivity contribution in [1.82, 2.24) is 20.5 Å². The minimum absolute atomic E-state index is 0.161. The summed E-state index contributed by atoms with van der Waals surface area (Å²) in [4.78, 5) is 29.0. The lowest BCUT2D eigenvalue weighted by atomic mass is 10.1. The molecule has 9 nitrogen and oxygen atoms in total. The van der Waals surface area contributed by atoms with E-state index in [1.54, 1.807) is 0 Å². The first-order valence-corrected chi connectivity index (χ1v) is 12.6. The first kappa shape index (κ1) is 27.7. The van der Waals surface area contributed by atoms with Gasteiger partial charge in [-0.05, 0) is 67.8 Å². The molecule has 1 atom stereocenters. The predicted molar refractivity (Wildman–Crippen MR) is 135 cm³/mol. The summed E-state index contributed by atoms with van der Waals surface area (Å²) < 4.78 is 6.23. The number of hydrogen-bond acceptors (Lipinski definition) is 8. The molecule has 1 aliphatic rings. The van der Waals surface area contributed by atoms with Crippen LogP contribution in [0.15, 0.2) is 29.2 Å². The molecule has 0 bridgehead atoms. The molecule has 1 saturated carbocycles. The molecule has 1 unspecified atom stereocenters. The molecule has 1 amide bonds. The van der Waals surface area contributed by atoms with Gasteiger partial charge in [-0.25, -0.2) is 0 Å². The standard InChI is InChI=1S/C25H42N6O3/c1-4-6-9-22(31(3)17-23(32)29-18-30-33)24(20-10-11-20)28-15-16-34-25-19(5-2)12-14-27-21(25)8-7-13-26/h9,12,14,20,24,28H,4-8,10-11,13,15-18,26H2,1-3H3,(H,29,32)/b22-9+. The SMILES string of the molecule is CCC/C=C(\C(NCCOc1c(CC)ccnc1CCCN)C1CC1)N(C)CC(=O)NCN=O. The van der Waals surface area contributed by atoms with Crippen LogP contribution >= 0.6 is 0 Å². The quantitative estimate of drug-likeness (QED) is 0.221. The van der Waals surface area contributed by atoms with Gasteiger partial charge in [-0.15, -0.1) is 4.91 Å². The van der Waals surface area contributed by atoms with E-state index in [0.29, 0.717) is 25.6 Å². The van der Waals surface area contributed by atoms with E-state index in [2.05, 4.69) is 40.7 Å². The number of rotatable bonds is 18. The fourth-order valence-corrected chi connectivity index (χ4v) is 4.04. The first-order valence-electron chi connectivity index (χ1n) is 12.6. The molecule has 0 spiro atoms. The third-order valence-electron chi connectivity index (χ3n) is 5.99. The van der Waals surface area contributed by atoms with Gasteiger partial charge < -0.3 is 26.0 Å². The van der Waals surface area contributed by atoms with E-state index < -0.39 is 0 Å². The zero-order chi connectivity index (χ0) is 24.8. The van der Waals surface area contributed by atoms with Crippen LogP contribution < -0.4 is 21.1 Å². The van der Waals surface area contributed by atoms with Gasteiger partial charge in [-0.1, -0.05) is 26.3 Å². The molecule has 1 aromatic rings. The highest BCUT2D eigenvalue weighted by Gasteiger charge is 2.34. The highest BCUT2D eigenvalue weighted by atomic mass is 16.5. The van der Waals surface area contributed by atoms with E-state index >= 15 is 0 Å². The Morgan fingerprint density at radius 3 is 2.85 bits per heavy atom. The Kier molecular flexibility index (Phi) is 12.6. The number of carbonyl (C=O) groups excluding carboxylic acids is 1. The lowest BCUT2D eigenvalue weighted by molar-refractivity contribution is -0.121. The predicted octanol–water partition coefficient (Wildman–Crippen LogP) is 2.74. The van der Waals surface area contributed by atoms with Crippen LogP contribution in [0.4, 0.5) is 0 Å². The van der Waals surface area contributed by atoms with Crippen LogP contribution in [0, 0.1) is 10.8 Å². The molecule has 0 aliphatic heterocycles. The lowest BCUT2D eigenvalue weighted by Crippen LogP contribution is -2.44. The number of aryl methyl sites for hydroxylation is 2. The molecule has 2 rings (SSSR count). The molecule has 34 heavy (non-hydrogen) atoms. The highest BCUT2D eigenvalue weighted by Crippen LogP contribution is 2.36. The molecule has 9 heteroatoms. The van der Waals surface area contributed by atoms with Gasteiger partial charge in [-0.2, -0.15) is 0 Å². The Morgan fingerprint density at radius 1 is 1.41 bits per heavy atom. The summed E-state index contributed by atoms with van der Waals surface area (Å²) in [5.41, 5.74) is 8.96. The van der Waals surface area contributed by atoms with Crippen molar-refractivity contribution in [2.45, 2.75) is 64.8 Å². The number of ether oxygens (including phenoxy) is 1. The topological polar surface area (TPSA) is 122 Å². The van der Waals surface area contributed by atoms with Crippen molar-refractivity contribution < 1.29 is 9.53 Å². The molecule has 190 valence electrons. The number of allylic oxidation sites excluding steroid dienone is 1. The van der Waals surface area contributed by atoms with Crippen molar-refractivity contribution in [2.75, 3.05) is 40.0 Å². The molecule has 1 heterocycles. The maximum atomic E-state index is 12.2. The minimum atomic E-state index is -0.212. The number of amides is 1. The number of nitrogens with one attached hydrogen (secondary N) is 2. The van der Waals surface area contributed by atoms with Crippen molar-refractivity contribution in [3.05, 3.63) is 40.2 Å². The van der Waals surface area contributed by atoms with E-state index in [4.69, 9.17) is 10.5 Å². The number of nitrogens with two attached hydrogens (primary N) is 1. The normalized spacial score (nSPS) is 14.5. The summed E-state index contributed by atoms with van der Waals surface area (Å²) in [7, 11) is 1.93. The largest absolute Gasteiger partial charge is 0.490 e. The Bertz CT molecular complexity index is 797. The van der Waals surface area contributed by atoms with Gasteiger partial charge >= 0.3 is 0 Å². The molecular formula is C25H42N6O3. The second-order valence-electron chi connectivity index (χ2n) is 8.77. The fourth-order valence-electron chi connectivity index (χ4n) is 4.04. The molecule has 4 N–H and O–H groups in total. The van der Waals surface area contributed by atoms with Crippen molar-refractivity contribution >= 4 is 5.91 Å². The molecule has 0 radical (unpaired) electrons. The smallest absolute Gasteiger partial charge is 0.241 e. The summed E-state index contributed by atoms with van der Waals surface area (Å²) in [6.07, 6.45) is 11.0. The van der Waals surface area contributed by atoms with E-state index in [0.717, 1.165) is 49.2 Å². The van der Waals surface area contributed by atoms with Crippen molar-refractivity contribution in [3.63, 3.8) is 0 Å². The molecule has 0 aromatic carbocycles. The summed E-state index contributed by atoms with van der Waals surface area (Å²) in [5, 5.41) is 8.91. The number of hydrogen-bond donors (Lipinski definition) is 3. The first-order chi connectivity index (χ1) is 16.5. The zero-order valence-electron chi connectivity index (χ0n) is 21.0. The maximum Gasteiger partial charge on any atom is 0.241 e. The number of aromatic nitrogens is 1. The van der Waals surface area contributed by atoms with Gasteiger partial charge in [-0.3, -0.25) is 9.78 Å². The third-order valence-corrected chi connectivity index (χ3v) is 5.99. The summed E-state index contributed by atoms with van der Waals surface area (Å²) in [6, 6.07) is 2.18. The fraction of sp³-hybridized carbons (Fsp3) is 0.680. The van der Waals surface area contributed by atoms with Gasteiger partial charge in [0.2, 0.25) is 5.91 Å². The van der Waals surface area contributed by atoms with Crippen molar-refractivity contribution in [2.24, 2.45) is 16.8 Å². The highest BCUT2D eigenvalue weighted by molar-refractivity contribution is 5.78. The summed E-state index contributed by atoms with van der Waals surface area (Å²) in [6.45, 7) is 6.11. The van der Waals surface area contributed by atoms with Crippen LogP contribution in [0.2, 0.25) is 0 Å². The Hall–Kier alpha value is -2.52. The van der Waals surface area contributed by atoms with Crippen LogP contribution in [0.1, 0.15) is 57.2 Å². The molecular weight excluding hydrogens is 432 g/mol. The zero-order valence-corrected chi connectivity index (χ0v) is 21.0. The van der Waals surface area contributed by atoms with Crippen molar-refractivity contribution in [3.8, 4) is 5.75 Å². The number of nitroso groups, excluding NO2 is 1. The van der Waals surface area contributed by atoms with Gasteiger partial charge in [0, 0.05) is 31.5 Å². The van der Waals surface area contributed by atoms with Crippen LogP contribution in [-0.4, -0.2) is 61.8 Å². The maximum absolute atomic E-state index is 12.2. The van der Waals surface area contributed by atoms with E-state index in [1.807, 2.05) is 24.2 Å². The average Bonchev–Trinajstić information content (AvgIpc) is 3.68. The van der Waals surface area contributed by atoms with Crippen molar-refractivity contribution in [1.29, 1.82) is 0 Å². The molecule has 1 fully saturated rings. The number of nitrogens with zero attached hydrogens (tertiary/aromatic N) is 3. The van der Waals surface area contributed by atoms with E-state index in [9.17, 15) is 9.70 Å². The Morgan fingerprint density at radius 2 is 2.21 bits per heavy atom. The van der Waals surface area contributed by atoms with Crippen LogP contribution in [0.5, 0.6) is 5.75 Å². The van der Waals surface area contributed by atoms with Crippen LogP contribution in [0.25, 0.3) is 0 Å². The monoisotopic (exact) mass is 474 g/mol. The van der Waals surface area contributed by atoms with Gasteiger partial charge in [0.25, 0.3) is 0 Å². The third kappa shape index (κ3) is 9.02. The Balaban J connectivity index is 2.02. The molecule has 0 saturated heterocycles. The molecule has 1 aromatic heterocycles. The minimum Gasteiger partial charge on any atom is -0.490 e. The van der Waals surface area contributed by atoms with Gasteiger partial charge in [0.15, 0.2) is 6.67 Å². The van der Waals surface area contributed by atoms with E-state index in [-0.39, 0.29) is 25.2 Å².